The summed E-state index contributed by atoms with van der Waals surface area (Å²) in [4.78, 5) is 12.7. The molecule has 0 aliphatic heterocycles. The van der Waals surface area contributed by atoms with E-state index >= 15 is 0 Å². The highest BCUT2D eigenvalue weighted by Crippen LogP contribution is 2.22. The van der Waals surface area contributed by atoms with Gasteiger partial charge in [0.1, 0.15) is 0 Å². The second kappa shape index (κ2) is 10.5. The van der Waals surface area contributed by atoms with Crippen molar-refractivity contribution < 1.29 is 21.6 Å². The number of carbonyl (C=O) groups is 1. The maximum Gasteiger partial charge on any atom is 0.232 e. The Morgan fingerprint density at radius 3 is 2.00 bits per heavy atom. The van der Waals surface area contributed by atoms with E-state index < -0.39 is 19.9 Å². The Morgan fingerprint density at radius 1 is 0.969 bits per heavy atom. The molecule has 1 atom stereocenters. The van der Waals surface area contributed by atoms with E-state index in [1.807, 2.05) is 39.0 Å². The van der Waals surface area contributed by atoms with Crippen molar-refractivity contribution in [3.8, 4) is 0 Å². The van der Waals surface area contributed by atoms with Crippen LogP contribution in [-0.2, 0) is 24.7 Å². The van der Waals surface area contributed by atoms with Gasteiger partial charge in [-0.2, -0.15) is 0 Å². The molecule has 0 saturated carbocycles. The van der Waals surface area contributed by atoms with Crippen molar-refractivity contribution in [2.75, 3.05) is 23.4 Å². The number of sulfonamides is 1. The van der Waals surface area contributed by atoms with Gasteiger partial charge >= 0.3 is 0 Å². The van der Waals surface area contributed by atoms with Gasteiger partial charge in [0.15, 0.2) is 9.84 Å². The van der Waals surface area contributed by atoms with Crippen LogP contribution in [0.2, 0.25) is 0 Å². The first-order valence-corrected chi connectivity index (χ1v) is 14.2. The first-order chi connectivity index (χ1) is 14.8. The average molecular weight is 481 g/mol. The molecule has 176 valence electrons. The van der Waals surface area contributed by atoms with Gasteiger partial charge in [-0.05, 0) is 67.6 Å². The number of nitrogens with zero attached hydrogens (tertiary/aromatic N) is 1. The lowest BCUT2D eigenvalue weighted by molar-refractivity contribution is -0.121. The van der Waals surface area contributed by atoms with Gasteiger partial charge in [-0.1, -0.05) is 25.1 Å². The normalized spacial score (nSPS) is 12.9. The Balaban J connectivity index is 2.02. The monoisotopic (exact) mass is 480 g/mol. The van der Waals surface area contributed by atoms with Crippen LogP contribution in [0, 0.1) is 13.8 Å². The van der Waals surface area contributed by atoms with Gasteiger partial charge in [-0.3, -0.25) is 9.10 Å². The molecule has 0 aliphatic rings. The van der Waals surface area contributed by atoms with Crippen LogP contribution in [0.25, 0.3) is 0 Å². The Kier molecular flexibility index (Phi) is 8.47. The van der Waals surface area contributed by atoms with Crippen LogP contribution >= 0.6 is 0 Å². The number of rotatable bonds is 10. The zero-order valence-electron chi connectivity index (χ0n) is 19.3. The third kappa shape index (κ3) is 7.34. The molecule has 9 heteroatoms. The highest BCUT2D eigenvalue weighted by atomic mass is 32.2. The maximum atomic E-state index is 12.5. The summed E-state index contributed by atoms with van der Waals surface area (Å²) in [5.74, 6) is -0.182. The van der Waals surface area contributed by atoms with Crippen LogP contribution in [0.1, 0.15) is 48.9 Å². The minimum Gasteiger partial charge on any atom is -0.349 e. The second-order valence-electron chi connectivity index (χ2n) is 8.15. The molecule has 0 bridgehead atoms. The van der Waals surface area contributed by atoms with Crippen molar-refractivity contribution in [3.63, 3.8) is 0 Å². The highest BCUT2D eigenvalue weighted by molar-refractivity contribution is 7.92. The number of sulfone groups is 1. The number of anilines is 1. The number of nitrogens with one attached hydrogen (secondary N) is 1. The van der Waals surface area contributed by atoms with Gasteiger partial charge in [-0.15, -0.1) is 0 Å². The molecule has 7 nitrogen and oxygen atoms in total. The van der Waals surface area contributed by atoms with Crippen LogP contribution in [0.5, 0.6) is 0 Å². The van der Waals surface area contributed by atoms with Gasteiger partial charge in [0, 0.05) is 19.2 Å². The van der Waals surface area contributed by atoms with Gasteiger partial charge in [0.25, 0.3) is 0 Å². The molecule has 0 unspecified atom stereocenters. The second-order valence-corrected chi connectivity index (χ2v) is 12.1. The predicted octanol–water partition coefficient (Wildman–Crippen LogP) is 3.52. The van der Waals surface area contributed by atoms with Crippen molar-refractivity contribution >= 4 is 31.5 Å². The summed E-state index contributed by atoms with van der Waals surface area (Å²) in [5.41, 5.74) is 3.36. The van der Waals surface area contributed by atoms with E-state index in [1.165, 1.54) is 16.4 Å². The molecule has 0 heterocycles. The van der Waals surface area contributed by atoms with Crippen LogP contribution in [0.4, 0.5) is 5.69 Å². The fourth-order valence-corrected chi connectivity index (χ4v) is 5.18. The summed E-state index contributed by atoms with van der Waals surface area (Å²) in [6.07, 6.45) is 3.50. The molecule has 32 heavy (non-hydrogen) atoms. The molecule has 0 spiro atoms. The maximum absolute atomic E-state index is 12.5. The SMILES string of the molecule is CC[C@@H](NC(=O)CCCN(c1cc(C)cc(C)c1)S(C)(=O)=O)c1ccc(S(C)(=O)=O)cc1. The Bertz CT molecular complexity index is 1140. The van der Waals surface area contributed by atoms with Gasteiger partial charge < -0.3 is 5.32 Å². The Morgan fingerprint density at radius 2 is 1.53 bits per heavy atom. The lowest BCUT2D eigenvalue weighted by Gasteiger charge is -2.23. The molecule has 0 saturated heterocycles. The van der Waals surface area contributed by atoms with Gasteiger partial charge in [0.05, 0.1) is 22.9 Å². The molecule has 0 aromatic heterocycles. The smallest absolute Gasteiger partial charge is 0.232 e. The molecule has 1 N–H and O–H groups in total. The van der Waals surface area contributed by atoms with Crippen LogP contribution in [0.15, 0.2) is 47.4 Å². The minimum atomic E-state index is -3.48. The molecular weight excluding hydrogens is 448 g/mol. The van der Waals surface area contributed by atoms with Crippen LogP contribution < -0.4 is 9.62 Å². The summed E-state index contributed by atoms with van der Waals surface area (Å²) in [5, 5.41) is 2.96. The molecule has 0 aliphatic carbocycles. The molecule has 1 amide bonds. The summed E-state index contributed by atoms with van der Waals surface area (Å²) < 4.78 is 49.2. The summed E-state index contributed by atoms with van der Waals surface area (Å²) >= 11 is 0. The Hall–Kier alpha value is -2.39. The van der Waals surface area contributed by atoms with Gasteiger partial charge in [-0.25, -0.2) is 16.8 Å². The van der Waals surface area contributed by atoms with Crippen molar-refractivity contribution in [1.29, 1.82) is 0 Å². The third-order valence-electron chi connectivity index (χ3n) is 5.11. The quantitative estimate of drug-likeness (QED) is 0.561. The predicted molar refractivity (Wildman–Crippen MR) is 128 cm³/mol. The van der Waals surface area contributed by atoms with E-state index in [0.29, 0.717) is 18.5 Å². The third-order valence-corrected chi connectivity index (χ3v) is 7.44. The van der Waals surface area contributed by atoms with E-state index in [4.69, 9.17) is 0 Å². The molecule has 2 aromatic carbocycles. The number of hydrogen-bond donors (Lipinski definition) is 1. The molecule has 0 radical (unpaired) electrons. The molecular formula is C23H32N2O5S2. The molecule has 2 rings (SSSR count). The van der Waals surface area contributed by atoms with Crippen molar-refractivity contribution in [3.05, 3.63) is 59.2 Å². The lowest BCUT2D eigenvalue weighted by Crippen LogP contribution is -2.33. The zero-order chi connectivity index (χ0) is 24.1. The van der Waals surface area contributed by atoms with E-state index in [-0.39, 0.29) is 29.8 Å². The lowest BCUT2D eigenvalue weighted by atomic mass is 10.0. The van der Waals surface area contributed by atoms with Gasteiger partial charge in [0.2, 0.25) is 15.9 Å². The number of benzene rings is 2. The van der Waals surface area contributed by atoms with E-state index in [9.17, 15) is 21.6 Å². The number of hydrogen-bond acceptors (Lipinski definition) is 5. The number of amides is 1. The van der Waals surface area contributed by atoms with E-state index in [2.05, 4.69) is 5.32 Å². The van der Waals surface area contributed by atoms with Crippen LogP contribution in [-0.4, -0.2) is 41.8 Å². The fraction of sp³-hybridized carbons (Fsp3) is 0.435. The largest absolute Gasteiger partial charge is 0.349 e. The highest BCUT2D eigenvalue weighted by Gasteiger charge is 2.19. The topological polar surface area (TPSA) is 101 Å². The number of carbonyl (C=O) groups excluding carboxylic acids is 1. The first kappa shape index (κ1) is 25.9. The zero-order valence-corrected chi connectivity index (χ0v) is 20.9. The standard InChI is InChI=1S/C23H32N2O5S2/c1-6-22(19-9-11-21(12-10-19)31(4,27)28)24-23(26)8-7-13-25(32(5,29)30)20-15-17(2)14-18(3)16-20/h9-12,14-16,22H,6-8,13H2,1-5H3,(H,24,26)/t22-/m1/s1. The van der Waals surface area contributed by atoms with Crippen molar-refractivity contribution in [2.24, 2.45) is 0 Å². The van der Waals surface area contributed by atoms with E-state index in [1.54, 1.807) is 12.1 Å². The van der Waals surface area contributed by atoms with Crippen molar-refractivity contribution in [1.82, 2.24) is 5.32 Å². The Labute approximate surface area is 191 Å². The summed E-state index contributed by atoms with van der Waals surface area (Å²) in [7, 11) is -6.76. The molecule has 2 aromatic rings. The van der Waals surface area contributed by atoms with Crippen LogP contribution in [0.3, 0.4) is 0 Å². The van der Waals surface area contributed by atoms with E-state index in [0.717, 1.165) is 29.2 Å². The summed E-state index contributed by atoms with van der Waals surface area (Å²) in [6, 6.07) is 11.8. The number of aryl methyl sites for hydroxylation is 2. The summed E-state index contributed by atoms with van der Waals surface area (Å²) in [6.45, 7) is 5.96. The minimum absolute atomic E-state index is 0.175. The van der Waals surface area contributed by atoms with Crippen molar-refractivity contribution in [2.45, 2.75) is 51.0 Å². The fourth-order valence-electron chi connectivity index (χ4n) is 3.60. The molecule has 0 fully saturated rings. The average Bonchev–Trinajstić information content (AvgIpc) is 2.67. The first-order valence-electron chi connectivity index (χ1n) is 10.5.